The third-order valence-corrected chi connectivity index (χ3v) is 4.68. The molecule has 5 nitrogen and oxygen atoms in total. The molecule has 0 unspecified atom stereocenters. The van der Waals surface area contributed by atoms with Crippen molar-refractivity contribution in [2.75, 3.05) is 41.0 Å². The van der Waals surface area contributed by atoms with Crippen molar-refractivity contribution < 1.29 is 22.6 Å². The number of aliphatic imine (C=N–C) groups is 1. The minimum absolute atomic E-state index is 0. The first kappa shape index (κ1) is 24.0. The first-order valence-electron chi connectivity index (χ1n) is 8.50. The molecule has 0 radical (unpaired) electrons. The Hall–Kier alpha value is -1.07. The van der Waals surface area contributed by atoms with E-state index in [2.05, 4.69) is 10.3 Å². The van der Waals surface area contributed by atoms with E-state index in [9.17, 15) is 13.2 Å². The van der Waals surface area contributed by atoms with E-state index in [1.54, 1.807) is 14.2 Å². The quantitative estimate of drug-likeness (QED) is 0.381. The average Bonchev–Trinajstić information content (AvgIpc) is 2.62. The molecular weight excluding hydrogens is 474 g/mol. The summed E-state index contributed by atoms with van der Waals surface area (Å²) in [6.07, 6.45) is -2.72. The summed E-state index contributed by atoms with van der Waals surface area (Å²) in [5.41, 5.74) is -0.160. The van der Waals surface area contributed by atoms with Crippen molar-refractivity contribution in [1.29, 1.82) is 0 Å². The van der Waals surface area contributed by atoms with Crippen molar-refractivity contribution in [2.45, 2.75) is 31.2 Å². The van der Waals surface area contributed by atoms with E-state index in [0.717, 1.165) is 30.5 Å². The topological polar surface area (TPSA) is 46.1 Å². The maximum absolute atomic E-state index is 12.7. The number of rotatable bonds is 5. The zero-order valence-corrected chi connectivity index (χ0v) is 18.1. The smallest absolute Gasteiger partial charge is 0.381 e. The lowest BCUT2D eigenvalue weighted by atomic mass is 9.94. The van der Waals surface area contributed by atoms with Gasteiger partial charge in [0.05, 0.1) is 11.2 Å². The number of halogens is 4. The summed E-state index contributed by atoms with van der Waals surface area (Å²) in [5, 5.41) is 3.30. The van der Waals surface area contributed by atoms with Crippen LogP contribution in [0.1, 0.15) is 24.0 Å². The zero-order chi connectivity index (χ0) is 19.2. The summed E-state index contributed by atoms with van der Waals surface area (Å²) in [6, 6.07) is 5.17. The Morgan fingerprint density at radius 2 is 1.85 bits per heavy atom. The molecule has 1 fully saturated rings. The van der Waals surface area contributed by atoms with E-state index in [0.29, 0.717) is 32.3 Å². The number of guanidine groups is 1. The predicted octanol–water partition coefficient (Wildman–Crippen LogP) is 3.53. The van der Waals surface area contributed by atoms with E-state index in [1.807, 2.05) is 11.9 Å². The van der Waals surface area contributed by atoms with Crippen LogP contribution in [0.2, 0.25) is 0 Å². The van der Waals surface area contributed by atoms with E-state index in [-0.39, 0.29) is 29.6 Å². The molecule has 1 aliphatic heterocycles. The highest BCUT2D eigenvalue weighted by Crippen LogP contribution is 2.29. The van der Waals surface area contributed by atoms with Crippen molar-refractivity contribution in [3.8, 4) is 0 Å². The third kappa shape index (κ3) is 6.79. The molecule has 1 saturated heterocycles. The summed E-state index contributed by atoms with van der Waals surface area (Å²) in [4.78, 5) is 6.12. The normalized spacial score (nSPS) is 17.2. The second-order valence-electron chi connectivity index (χ2n) is 6.45. The Balaban J connectivity index is 0.00000364. The van der Waals surface area contributed by atoms with Gasteiger partial charge in [-0.3, -0.25) is 4.99 Å². The molecule has 2 rings (SSSR count). The molecular formula is C18H27F3IN3O2. The second kappa shape index (κ2) is 10.5. The van der Waals surface area contributed by atoms with Crippen LogP contribution in [-0.2, 0) is 22.2 Å². The van der Waals surface area contributed by atoms with Gasteiger partial charge in [0.15, 0.2) is 5.96 Å². The zero-order valence-electron chi connectivity index (χ0n) is 15.8. The Labute approximate surface area is 175 Å². The molecule has 27 heavy (non-hydrogen) atoms. The van der Waals surface area contributed by atoms with Gasteiger partial charge in [0, 0.05) is 60.4 Å². The number of hydrogen-bond donors (Lipinski definition) is 1. The molecule has 0 aromatic heterocycles. The number of methoxy groups -OCH3 is 1. The van der Waals surface area contributed by atoms with Gasteiger partial charge >= 0.3 is 6.18 Å². The minimum Gasteiger partial charge on any atom is -0.381 e. The SMILES string of the molecule is CN=C(NCC1(OC)CCOCC1)N(C)Cc1ccc(C(F)(F)F)cc1.I. The van der Waals surface area contributed by atoms with Crippen LogP contribution >= 0.6 is 24.0 Å². The summed E-state index contributed by atoms with van der Waals surface area (Å²) >= 11 is 0. The van der Waals surface area contributed by atoms with Crippen molar-refractivity contribution >= 4 is 29.9 Å². The Morgan fingerprint density at radius 3 is 2.33 bits per heavy atom. The van der Waals surface area contributed by atoms with Crippen molar-refractivity contribution in [3.63, 3.8) is 0 Å². The summed E-state index contributed by atoms with van der Waals surface area (Å²) in [6.45, 7) is 2.36. The first-order chi connectivity index (χ1) is 12.3. The molecule has 9 heteroatoms. The molecule has 0 saturated carbocycles. The lowest BCUT2D eigenvalue weighted by Gasteiger charge is -2.37. The van der Waals surface area contributed by atoms with Gasteiger partial charge in [0.25, 0.3) is 0 Å². The fourth-order valence-corrected chi connectivity index (χ4v) is 2.97. The molecule has 1 aliphatic rings. The van der Waals surface area contributed by atoms with Gasteiger partial charge in [-0.1, -0.05) is 12.1 Å². The van der Waals surface area contributed by atoms with Crippen molar-refractivity contribution in [3.05, 3.63) is 35.4 Å². The van der Waals surface area contributed by atoms with E-state index < -0.39 is 11.7 Å². The molecule has 154 valence electrons. The van der Waals surface area contributed by atoms with Crippen LogP contribution in [0, 0.1) is 0 Å². The van der Waals surface area contributed by atoms with Gasteiger partial charge in [-0.2, -0.15) is 13.2 Å². The number of nitrogens with zero attached hydrogens (tertiary/aromatic N) is 2. The Morgan fingerprint density at radius 1 is 1.26 bits per heavy atom. The molecule has 0 atom stereocenters. The highest BCUT2D eigenvalue weighted by atomic mass is 127. The molecule has 1 aromatic carbocycles. The van der Waals surface area contributed by atoms with E-state index in [4.69, 9.17) is 9.47 Å². The fourth-order valence-electron chi connectivity index (χ4n) is 2.97. The Kier molecular flexibility index (Phi) is 9.29. The largest absolute Gasteiger partial charge is 0.416 e. The standard InChI is InChI=1S/C18H26F3N3O2.HI/c1-22-16(23-13-17(25-3)8-10-26-11-9-17)24(2)12-14-4-6-15(7-5-14)18(19,20)21;/h4-7H,8-13H2,1-3H3,(H,22,23);1H. The summed E-state index contributed by atoms with van der Waals surface area (Å²) in [7, 11) is 5.22. The predicted molar refractivity (Wildman–Crippen MR) is 109 cm³/mol. The van der Waals surface area contributed by atoms with Gasteiger partial charge in [-0.25, -0.2) is 0 Å². The van der Waals surface area contributed by atoms with Crippen LogP contribution in [0.4, 0.5) is 13.2 Å². The third-order valence-electron chi connectivity index (χ3n) is 4.68. The number of alkyl halides is 3. The van der Waals surface area contributed by atoms with Crippen LogP contribution in [0.3, 0.4) is 0 Å². The molecule has 1 heterocycles. The van der Waals surface area contributed by atoms with E-state index >= 15 is 0 Å². The number of benzene rings is 1. The highest BCUT2D eigenvalue weighted by molar-refractivity contribution is 14.0. The van der Waals surface area contributed by atoms with E-state index in [1.165, 1.54) is 12.1 Å². The molecule has 1 aromatic rings. The van der Waals surface area contributed by atoms with Gasteiger partial charge in [0.2, 0.25) is 0 Å². The average molecular weight is 501 g/mol. The fraction of sp³-hybridized carbons (Fsp3) is 0.611. The number of hydrogen-bond acceptors (Lipinski definition) is 3. The molecule has 0 aliphatic carbocycles. The Bertz CT molecular complexity index is 603. The van der Waals surface area contributed by atoms with Crippen LogP contribution in [-0.4, -0.2) is 57.4 Å². The van der Waals surface area contributed by atoms with Crippen LogP contribution < -0.4 is 5.32 Å². The van der Waals surface area contributed by atoms with Crippen LogP contribution in [0.15, 0.2) is 29.3 Å². The van der Waals surface area contributed by atoms with Crippen LogP contribution in [0.5, 0.6) is 0 Å². The lowest BCUT2D eigenvalue weighted by Crippen LogP contribution is -2.50. The van der Waals surface area contributed by atoms with Crippen LogP contribution in [0.25, 0.3) is 0 Å². The van der Waals surface area contributed by atoms with Gasteiger partial charge < -0.3 is 19.7 Å². The first-order valence-corrected chi connectivity index (χ1v) is 8.50. The minimum atomic E-state index is -4.32. The molecule has 0 amide bonds. The summed E-state index contributed by atoms with van der Waals surface area (Å²) < 4.78 is 49.0. The number of ether oxygens (including phenoxy) is 2. The maximum atomic E-state index is 12.7. The highest BCUT2D eigenvalue weighted by Gasteiger charge is 2.33. The molecule has 0 spiro atoms. The lowest BCUT2D eigenvalue weighted by molar-refractivity contribution is -0.137. The monoisotopic (exact) mass is 501 g/mol. The molecule has 0 bridgehead atoms. The van der Waals surface area contributed by atoms with Crippen molar-refractivity contribution in [1.82, 2.24) is 10.2 Å². The van der Waals surface area contributed by atoms with Gasteiger partial charge in [0.1, 0.15) is 0 Å². The van der Waals surface area contributed by atoms with Gasteiger partial charge in [-0.05, 0) is 17.7 Å². The summed E-state index contributed by atoms with van der Waals surface area (Å²) in [5.74, 6) is 0.660. The van der Waals surface area contributed by atoms with Gasteiger partial charge in [-0.15, -0.1) is 24.0 Å². The second-order valence-corrected chi connectivity index (χ2v) is 6.45. The maximum Gasteiger partial charge on any atom is 0.416 e. The number of nitrogens with one attached hydrogen (secondary N) is 1. The molecule has 1 N–H and O–H groups in total. The van der Waals surface area contributed by atoms with Crippen molar-refractivity contribution in [2.24, 2.45) is 4.99 Å².